The van der Waals surface area contributed by atoms with Gasteiger partial charge in [0.2, 0.25) is 5.95 Å². The van der Waals surface area contributed by atoms with E-state index in [1.165, 1.54) is 44.3 Å². The molecule has 0 amide bonds. The van der Waals surface area contributed by atoms with Gasteiger partial charge in [-0.25, -0.2) is 4.98 Å². The Morgan fingerprint density at radius 2 is 1.97 bits per heavy atom. The highest BCUT2D eigenvalue weighted by molar-refractivity contribution is 5.87. The lowest BCUT2D eigenvalue weighted by molar-refractivity contribution is 0.0462. The van der Waals surface area contributed by atoms with Crippen molar-refractivity contribution in [2.24, 2.45) is 11.3 Å². The fourth-order valence-corrected chi connectivity index (χ4v) is 5.17. The number of anilines is 2. The minimum atomic E-state index is 0.300. The molecule has 0 spiro atoms. The summed E-state index contributed by atoms with van der Waals surface area (Å²) in [5.41, 5.74) is 10.9. The molecule has 0 radical (unpaired) electrons. The van der Waals surface area contributed by atoms with Gasteiger partial charge in [-0.05, 0) is 48.3 Å². The molecular weight excluding hydrogens is 424 g/mol. The molecule has 7 nitrogen and oxygen atoms in total. The fourth-order valence-electron chi connectivity index (χ4n) is 5.17. The van der Waals surface area contributed by atoms with Crippen LogP contribution in [0.3, 0.4) is 0 Å². The molecule has 2 aliphatic rings. The molecule has 2 fully saturated rings. The topological polar surface area (TPSA) is 81.2 Å². The molecule has 1 saturated carbocycles. The zero-order chi connectivity index (χ0) is 23.7. The van der Waals surface area contributed by atoms with Crippen LogP contribution in [0.15, 0.2) is 30.5 Å². The first-order valence-corrected chi connectivity index (χ1v) is 12.7. The van der Waals surface area contributed by atoms with Crippen LogP contribution in [0.4, 0.5) is 11.8 Å². The Balaban J connectivity index is 1.31. The molecule has 34 heavy (non-hydrogen) atoms. The summed E-state index contributed by atoms with van der Waals surface area (Å²) in [6.45, 7) is 9.67. The van der Waals surface area contributed by atoms with E-state index >= 15 is 0 Å². The lowest BCUT2D eigenvalue weighted by Gasteiger charge is -2.43. The molecule has 0 atom stereocenters. The Kier molecular flexibility index (Phi) is 6.38. The maximum atomic E-state index is 5.98. The van der Waals surface area contributed by atoms with E-state index in [9.17, 15) is 0 Å². The highest BCUT2D eigenvalue weighted by Gasteiger charge is 2.49. The lowest BCUT2D eigenvalue weighted by atomic mass is 9.84. The molecule has 1 aliphatic heterocycles. The number of likely N-dealkylation sites (tertiary alicyclic amines) is 1. The van der Waals surface area contributed by atoms with Crippen LogP contribution in [0.2, 0.25) is 0 Å². The van der Waals surface area contributed by atoms with E-state index in [4.69, 9.17) is 10.5 Å². The second-order valence-corrected chi connectivity index (χ2v) is 10.4. The first kappa shape index (κ1) is 23.0. The van der Waals surface area contributed by atoms with Crippen LogP contribution in [0.25, 0.3) is 11.0 Å². The number of methoxy groups -OCH3 is 1. The lowest BCUT2D eigenvalue weighted by Crippen LogP contribution is -2.49. The van der Waals surface area contributed by atoms with Crippen LogP contribution < -0.4 is 15.8 Å². The number of nitrogen functional groups attached to an aromatic ring is 1. The molecule has 3 heterocycles. The molecule has 2 aromatic heterocycles. The predicted octanol–water partition coefficient (Wildman–Crippen LogP) is 4.90. The third-order valence-electron chi connectivity index (χ3n) is 7.78. The molecule has 7 heteroatoms. The van der Waals surface area contributed by atoms with Crippen molar-refractivity contribution >= 4 is 22.8 Å². The van der Waals surface area contributed by atoms with E-state index in [2.05, 4.69) is 63.0 Å². The highest BCUT2D eigenvalue weighted by Crippen LogP contribution is 2.54. The monoisotopic (exact) mass is 462 g/mol. The number of nitrogens with zero attached hydrogens (tertiary/aromatic N) is 4. The van der Waals surface area contributed by atoms with E-state index < -0.39 is 0 Å². The van der Waals surface area contributed by atoms with Crippen molar-refractivity contribution in [3.8, 4) is 5.75 Å². The van der Waals surface area contributed by atoms with Gasteiger partial charge in [-0.15, -0.1) is 0 Å². The Morgan fingerprint density at radius 1 is 1.15 bits per heavy atom. The van der Waals surface area contributed by atoms with Gasteiger partial charge in [0.1, 0.15) is 11.3 Å². The molecule has 182 valence electrons. The summed E-state index contributed by atoms with van der Waals surface area (Å²) in [5, 5.41) is 3.48. The van der Waals surface area contributed by atoms with Gasteiger partial charge in [-0.3, -0.25) is 4.90 Å². The SMILES string of the molecule is CCCCCNc1nc(N)nc2ccn(Cc3ccc(CN4CC(C5(C)CC5)C4)cc3OC)c12. The highest BCUT2D eigenvalue weighted by atomic mass is 16.5. The van der Waals surface area contributed by atoms with Crippen molar-refractivity contribution in [2.75, 3.05) is 37.8 Å². The predicted molar refractivity (Wildman–Crippen MR) is 138 cm³/mol. The number of benzene rings is 1. The molecule has 0 unspecified atom stereocenters. The second kappa shape index (κ2) is 9.45. The number of nitrogens with one attached hydrogen (secondary N) is 1. The molecule has 3 N–H and O–H groups in total. The Morgan fingerprint density at radius 3 is 2.71 bits per heavy atom. The number of ether oxygens (including phenoxy) is 1. The molecule has 1 aliphatic carbocycles. The minimum absolute atomic E-state index is 0.300. The summed E-state index contributed by atoms with van der Waals surface area (Å²) in [4.78, 5) is 11.5. The van der Waals surface area contributed by atoms with E-state index in [0.717, 1.165) is 53.6 Å². The minimum Gasteiger partial charge on any atom is -0.496 e. The van der Waals surface area contributed by atoms with E-state index in [1.807, 2.05) is 6.07 Å². The quantitative estimate of drug-likeness (QED) is 0.394. The average Bonchev–Trinajstić information content (AvgIpc) is 3.41. The molecule has 1 saturated heterocycles. The van der Waals surface area contributed by atoms with Crippen LogP contribution in [0.1, 0.15) is 57.1 Å². The van der Waals surface area contributed by atoms with Gasteiger partial charge >= 0.3 is 0 Å². The standard InChI is InChI=1S/C27H38N6O/c1-4-5-6-12-29-25-24-22(30-26(28)31-25)9-13-33(24)16-20-8-7-19(14-23(20)34-3)15-32-17-21(18-32)27(2)10-11-27/h7-9,13-14,21H,4-6,10-12,15-18H2,1-3H3,(H3,28,29,30,31). The van der Waals surface area contributed by atoms with Crippen LogP contribution in [-0.4, -0.2) is 46.2 Å². The van der Waals surface area contributed by atoms with Crippen molar-refractivity contribution < 1.29 is 4.74 Å². The normalized spacial score (nSPS) is 17.6. The largest absolute Gasteiger partial charge is 0.496 e. The maximum absolute atomic E-state index is 5.98. The van der Waals surface area contributed by atoms with Gasteiger partial charge in [0.05, 0.1) is 19.2 Å². The summed E-state index contributed by atoms with van der Waals surface area (Å²) in [6.07, 6.45) is 8.37. The number of nitrogens with two attached hydrogens (primary N) is 1. The summed E-state index contributed by atoms with van der Waals surface area (Å²) < 4.78 is 7.99. The first-order valence-electron chi connectivity index (χ1n) is 12.7. The van der Waals surface area contributed by atoms with Crippen molar-refractivity contribution in [2.45, 2.75) is 59.0 Å². The number of hydrogen-bond donors (Lipinski definition) is 2. The van der Waals surface area contributed by atoms with Gasteiger partial charge in [0, 0.05) is 37.9 Å². The summed E-state index contributed by atoms with van der Waals surface area (Å²) in [6, 6.07) is 8.65. The third kappa shape index (κ3) is 4.71. The number of unbranched alkanes of at least 4 members (excludes halogenated alkanes) is 2. The van der Waals surface area contributed by atoms with Crippen molar-refractivity contribution in [3.63, 3.8) is 0 Å². The number of fused-ring (bicyclic) bond motifs is 1. The van der Waals surface area contributed by atoms with Gasteiger partial charge in [0.25, 0.3) is 0 Å². The number of aromatic nitrogens is 3. The first-order chi connectivity index (χ1) is 16.5. The Hall–Kier alpha value is -2.80. The molecule has 0 bridgehead atoms. The van der Waals surface area contributed by atoms with E-state index in [1.54, 1.807) is 7.11 Å². The summed E-state index contributed by atoms with van der Waals surface area (Å²) >= 11 is 0. The maximum Gasteiger partial charge on any atom is 0.222 e. The van der Waals surface area contributed by atoms with Crippen LogP contribution in [0.5, 0.6) is 5.75 Å². The van der Waals surface area contributed by atoms with Gasteiger partial charge in [0.15, 0.2) is 5.82 Å². The van der Waals surface area contributed by atoms with Gasteiger partial charge in [-0.2, -0.15) is 4.98 Å². The molecule has 5 rings (SSSR count). The number of rotatable bonds is 11. The average molecular weight is 463 g/mol. The van der Waals surface area contributed by atoms with Crippen molar-refractivity contribution in [1.82, 2.24) is 19.4 Å². The zero-order valence-electron chi connectivity index (χ0n) is 20.8. The smallest absolute Gasteiger partial charge is 0.222 e. The molecule has 1 aromatic carbocycles. The van der Waals surface area contributed by atoms with Crippen LogP contribution in [-0.2, 0) is 13.1 Å². The fraction of sp³-hybridized carbons (Fsp3) is 0.556. The summed E-state index contributed by atoms with van der Waals surface area (Å²) in [7, 11) is 1.76. The zero-order valence-corrected chi connectivity index (χ0v) is 20.8. The van der Waals surface area contributed by atoms with Gasteiger partial charge < -0.3 is 20.4 Å². The third-order valence-corrected chi connectivity index (χ3v) is 7.78. The van der Waals surface area contributed by atoms with Crippen molar-refractivity contribution in [3.05, 3.63) is 41.6 Å². The molecule has 3 aromatic rings. The Bertz CT molecular complexity index is 1150. The Labute approximate surface area is 202 Å². The van der Waals surface area contributed by atoms with E-state index in [-0.39, 0.29) is 0 Å². The van der Waals surface area contributed by atoms with Gasteiger partial charge in [-0.1, -0.05) is 38.8 Å². The second-order valence-electron chi connectivity index (χ2n) is 10.4. The van der Waals surface area contributed by atoms with Crippen molar-refractivity contribution in [1.29, 1.82) is 0 Å². The van der Waals surface area contributed by atoms with Crippen LogP contribution >= 0.6 is 0 Å². The number of hydrogen-bond acceptors (Lipinski definition) is 6. The van der Waals surface area contributed by atoms with Crippen LogP contribution in [0, 0.1) is 11.3 Å². The summed E-state index contributed by atoms with van der Waals surface area (Å²) in [5.74, 6) is 2.92. The van der Waals surface area contributed by atoms with E-state index in [0.29, 0.717) is 17.9 Å². The molecular formula is C27H38N6O.